The summed E-state index contributed by atoms with van der Waals surface area (Å²) in [6, 6.07) is 3.41. The molecule has 0 aromatic carbocycles. The first kappa shape index (κ1) is 15.8. The van der Waals surface area contributed by atoms with Crippen LogP contribution in [0.25, 0.3) is 0 Å². The summed E-state index contributed by atoms with van der Waals surface area (Å²) in [6.45, 7) is 3.04. The van der Waals surface area contributed by atoms with Gasteiger partial charge in [-0.15, -0.1) is 0 Å². The first-order valence-corrected chi connectivity index (χ1v) is 8.76. The van der Waals surface area contributed by atoms with Crippen LogP contribution in [0.1, 0.15) is 19.8 Å². The van der Waals surface area contributed by atoms with Crippen molar-refractivity contribution in [3.8, 4) is 5.88 Å². The Kier molecular flexibility index (Phi) is 5.24. The Bertz CT molecular complexity index is 573. The summed E-state index contributed by atoms with van der Waals surface area (Å²) in [5.41, 5.74) is 6.30. The van der Waals surface area contributed by atoms with E-state index in [1.165, 1.54) is 12.8 Å². The van der Waals surface area contributed by atoms with Gasteiger partial charge < -0.3 is 15.8 Å². The van der Waals surface area contributed by atoms with Crippen LogP contribution in [0.5, 0.6) is 5.88 Å². The number of pyridine rings is 1. The van der Waals surface area contributed by atoms with Crippen molar-refractivity contribution in [2.75, 3.05) is 36.5 Å². The molecule has 1 fully saturated rings. The van der Waals surface area contributed by atoms with Crippen LogP contribution in [0.4, 0.5) is 11.5 Å². The van der Waals surface area contributed by atoms with Crippen LogP contribution in [-0.4, -0.2) is 38.9 Å². The molecule has 1 aromatic heterocycles. The summed E-state index contributed by atoms with van der Waals surface area (Å²) in [7, 11) is -3.23. The number of nitrogen functional groups attached to an aromatic ring is 1. The van der Waals surface area contributed by atoms with E-state index >= 15 is 0 Å². The standard InChI is InChI=1S/C13H22N4O3S/c1-2-16-21(18,19)8-7-15-12-6-5-11(14)13(17-12)20-9-10-3-4-10/h5-6,10,16H,2-4,7-9,14H2,1H3,(H,15,17). The third-order valence-electron chi connectivity index (χ3n) is 3.08. The first-order chi connectivity index (χ1) is 10.00. The Morgan fingerprint density at radius 2 is 2.19 bits per heavy atom. The maximum atomic E-state index is 11.5. The lowest BCUT2D eigenvalue weighted by Crippen LogP contribution is -2.29. The van der Waals surface area contributed by atoms with E-state index in [1.807, 2.05) is 0 Å². The van der Waals surface area contributed by atoms with Crippen molar-refractivity contribution in [1.29, 1.82) is 0 Å². The van der Waals surface area contributed by atoms with Gasteiger partial charge in [-0.3, -0.25) is 0 Å². The average molecular weight is 314 g/mol. The van der Waals surface area contributed by atoms with Crippen LogP contribution in [-0.2, 0) is 10.0 Å². The number of nitrogens with two attached hydrogens (primary N) is 1. The molecule has 0 amide bonds. The molecular weight excluding hydrogens is 292 g/mol. The van der Waals surface area contributed by atoms with Gasteiger partial charge in [0.2, 0.25) is 15.9 Å². The van der Waals surface area contributed by atoms with Crippen LogP contribution in [0.3, 0.4) is 0 Å². The Morgan fingerprint density at radius 1 is 1.43 bits per heavy atom. The number of hydrogen-bond donors (Lipinski definition) is 3. The summed E-state index contributed by atoms with van der Waals surface area (Å²) in [5, 5.41) is 2.96. The van der Waals surface area contributed by atoms with Gasteiger partial charge in [0.25, 0.3) is 0 Å². The highest BCUT2D eigenvalue weighted by Crippen LogP contribution is 2.30. The lowest BCUT2D eigenvalue weighted by molar-refractivity contribution is 0.290. The number of nitrogens with zero attached hydrogens (tertiary/aromatic N) is 1. The van der Waals surface area contributed by atoms with E-state index in [1.54, 1.807) is 19.1 Å². The van der Waals surface area contributed by atoms with Gasteiger partial charge in [0.05, 0.1) is 18.0 Å². The van der Waals surface area contributed by atoms with Gasteiger partial charge >= 0.3 is 0 Å². The fraction of sp³-hybridized carbons (Fsp3) is 0.615. The third kappa shape index (κ3) is 5.39. The number of sulfonamides is 1. The molecule has 0 spiro atoms. The molecule has 1 saturated carbocycles. The van der Waals surface area contributed by atoms with E-state index in [9.17, 15) is 8.42 Å². The summed E-state index contributed by atoms with van der Waals surface area (Å²) in [4.78, 5) is 4.26. The zero-order valence-corrected chi connectivity index (χ0v) is 12.9. The highest BCUT2D eigenvalue weighted by Gasteiger charge is 2.22. The molecule has 0 unspecified atom stereocenters. The van der Waals surface area contributed by atoms with Crippen LogP contribution in [0.2, 0.25) is 0 Å². The van der Waals surface area contributed by atoms with Crippen LogP contribution in [0, 0.1) is 5.92 Å². The summed E-state index contributed by atoms with van der Waals surface area (Å²) in [6.07, 6.45) is 2.39. The van der Waals surface area contributed by atoms with E-state index in [4.69, 9.17) is 10.5 Å². The van der Waals surface area contributed by atoms with Gasteiger partial charge in [-0.05, 0) is 30.9 Å². The van der Waals surface area contributed by atoms with Gasteiger partial charge in [-0.25, -0.2) is 13.1 Å². The molecule has 21 heavy (non-hydrogen) atoms. The number of aromatic nitrogens is 1. The molecule has 8 heteroatoms. The van der Waals surface area contributed by atoms with Crippen molar-refractivity contribution in [1.82, 2.24) is 9.71 Å². The predicted molar refractivity (Wildman–Crippen MR) is 82.8 cm³/mol. The second-order valence-corrected chi connectivity index (χ2v) is 7.02. The fourth-order valence-corrected chi connectivity index (χ4v) is 2.71. The maximum absolute atomic E-state index is 11.5. The molecule has 0 aliphatic heterocycles. The van der Waals surface area contributed by atoms with Gasteiger partial charge in [0.15, 0.2) is 0 Å². The third-order valence-corrected chi connectivity index (χ3v) is 4.55. The Balaban J connectivity index is 1.86. The Morgan fingerprint density at radius 3 is 2.86 bits per heavy atom. The molecule has 0 saturated heterocycles. The second-order valence-electron chi connectivity index (χ2n) is 5.09. The largest absolute Gasteiger partial charge is 0.476 e. The fourth-order valence-electron chi connectivity index (χ4n) is 1.75. The summed E-state index contributed by atoms with van der Waals surface area (Å²) in [5.74, 6) is 1.57. The number of rotatable bonds is 9. The SMILES string of the molecule is CCNS(=O)(=O)CCNc1ccc(N)c(OCC2CC2)n1. The van der Waals surface area contributed by atoms with Crippen molar-refractivity contribution < 1.29 is 13.2 Å². The van der Waals surface area contributed by atoms with Crippen LogP contribution >= 0.6 is 0 Å². The minimum absolute atomic E-state index is 0.00877. The lowest BCUT2D eigenvalue weighted by Gasteiger charge is -2.11. The number of anilines is 2. The summed E-state index contributed by atoms with van der Waals surface area (Å²) < 4.78 is 31.0. The van der Waals surface area contributed by atoms with Crippen molar-refractivity contribution in [2.24, 2.45) is 5.92 Å². The van der Waals surface area contributed by atoms with E-state index < -0.39 is 10.0 Å². The van der Waals surface area contributed by atoms with Gasteiger partial charge in [0, 0.05) is 13.1 Å². The molecule has 4 N–H and O–H groups in total. The number of ether oxygens (including phenoxy) is 1. The van der Waals surface area contributed by atoms with E-state index in [0.717, 1.165) is 0 Å². The summed E-state index contributed by atoms with van der Waals surface area (Å²) >= 11 is 0. The lowest BCUT2D eigenvalue weighted by atomic mass is 10.4. The molecule has 0 radical (unpaired) electrons. The Hall–Kier alpha value is -1.54. The maximum Gasteiger partial charge on any atom is 0.239 e. The average Bonchev–Trinajstić information content (AvgIpc) is 3.23. The molecule has 1 heterocycles. The monoisotopic (exact) mass is 314 g/mol. The normalized spacial score (nSPS) is 14.9. The van der Waals surface area contributed by atoms with Crippen molar-refractivity contribution in [3.05, 3.63) is 12.1 Å². The first-order valence-electron chi connectivity index (χ1n) is 7.10. The molecule has 0 atom stereocenters. The molecule has 0 bridgehead atoms. The van der Waals surface area contributed by atoms with Gasteiger partial charge in [0.1, 0.15) is 5.82 Å². The molecular formula is C13H22N4O3S. The molecule has 2 rings (SSSR count). The van der Waals surface area contributed by atoms with Crippen molar-refractivity contribution >= 4 is 21.5 Å². The van der Waals surface area contributed by atoms with E-state index in [2.05, 4.69) is 15.0 Å². The van der Waals surface area contributed by atoms with Crippen LogP contribution < -0.4 is 20.5 Å². The molecule has 1 aliphatic rings. The van der Waals surface area contributed by atoms with E-state index in [-0.39, 0.29) is 12.3 Å². The van der Waals surface area contributed by atoms with E-state index in [0.29, 0.717) is 36.5 Å². The predicted octanol–water partition coefficient (Wildman–Crippen LogP) is 0.804. The topological polar surface area (TPSA) is 106 Å². The van der Waals surface area contributed by atoms with Crippen LogP contribution in [0.15, 0.2) is 12.1 Å². The van der Waals surface area contributed by atoms with Gasteiger partial charge in [-0.2, -0.15) is 4.98 Å². The highest BCUT2D eigenvalue weighted by atomic mass is 32.2. The number of nitrogens with one attached hydrogen (secondary N) is 2. The number of hydrogen-bond acceptors (Lipinski definition) is 6. The Labute approximate surface area is 125 Å². The van der Waals surface area contributed by atoms with Gasteiger partial charge in [-0.1, -0.05) is 6.92 Å². The van der Waals surface area contributed by atoms with Crippen molar-refractivity contribution in [2.45, 2.75) is 19.8 Å². The van der Waals surface area contributed by atoms with Crippen molar-refractivity contribution in [3.63, 3.8) is 0 Å². The molecule has 1 aliphatic carbocycles. The second kappa shape index (κ2) is 6.95. The molecule has 7 nitrogen and oxygen atoms in total. The smallest absolute Gasteiger partial charge is 0.239 e. The zero-order chi connectivity index (χ0) is 15.3. The molecule has 1 aromatic rings. The highest BCUT2D eigenvalue weighted by molar-refractivity contribution is 7.89. The zero-order valence-electron chi connectivity index (χ0n) is 12.1. The minimum Gasteiger partial charge on any atom is -0.476 e. The molecule has 118 valence electrons. The minimum atomic E-state index is -3.23. The quantitative estimate of drug-likeness (QED) is 0.622.